The molecule has 1 aliphatic rings. The standard InChI is InChI=1S/C48H68N4O13/c1-29(2)25-38(50(9)41(53)31(5)62-45(58)36(49-8)27-34-19-13-11-14-20-34)47(60)63-32(6)42(54)51(10)39(26-30(3)4)48(61)65-40(28-35-21-15-12-16-22-35)43(55)52-24-18-17-23-37(52)46(59)64-33(7)44(56)57/h11-16,19-22,29-33,36-40,49H,17-18,23-28H2,1-10H3,(H,56,57)/t31-,32-,33-,36+,37+,38+,39+,40-/m1/s1. The maximum absolute atomic E-state index is 14.3. The molecule has 3 amide bonds. The number of carboxylic acid groups (broad SMARTS) is 1. The van der Waals surface area contributed by atoms with Gasteiger partial charge in [0.15, 0.2) is 24.4 Å². The van der Waals surface area contributed by atoms with Gasteiger partial charge in [0, 0.05) is 27.1 Å². The monoisotopic (exact) mass is 908 g/mol. The summed E-state index contributed by atoms with van der Waals surface area (Å²) in [6.07, 6.45) is -3.74. The number of likely N-dealkylation sites (tertiary alicyclic amines) is 1. The highest BCUT2D eigenvalue weighted by Gasteiger charge is 2.42. The average molecular weight is 909 g/mol. The van der Waals surface area contributed by atoms with Crippen molar-refractivity contribution in [1.29, 1.82) is 0 Å². The third kappa shape index (κ3) is 16.0. The van der Waals surface area contributed by atoms with Crippen molar-refractivity contribution in [3.8, 4) is 0 Å². The van der Waals surface area contributed by atoms with E-state index in [2.05, 4.69) is 5.32 Å². The van der Waals surface area contributed by atoms with Crippen molar-refractivity contribution in [3.05, 3.63) is 71.8 Å². The number of aliphatic carboxylic acids is 1. The zero-order valence-electron chi connectivity index (χ0n) is 39.4. The first-order valence-corrected chi connectivity index (χ1v) is 22.3. The highest BCUT2D eigenvalue weighted by molar-refractivity contribution is 5.93. The molecule has 0 spiro atoms. The molecule has 0 aliphatic carbocycles. The molecule has 2 N–H and O–H groups in total. The molecular weight excluding hydrogens is 841 g/mol. The molecule has 17 heteroatoms. The van der Waals surface area contributed by atoms with Gasteiger partial charge < -0.3 is 44.1 Å². The number of ether oxygens (including phenoxy) is 4. The Morgan fingerprint density at radius 3 is 1.57 bits per heavy atom. The van der Waals surface area contributed by atoms with Crippen LogP contribution in [-0.2, 0) is 70.1 Å². The summed E-state index contributed by atoms with van der Waals surface area (Å²) in [5, 5.41) is 12.2. The zero-order valence-corrected chi connectivity index (χ0v) is 39.4. The number of piperidine rings is 1. The fourth-order valence-corrected chi connectivity index (χ4v) is 7.52. The van der Waals surface area contributed by atoms with Gasteiger partial charge in [0.05, 0.1) is 0 Å². The lowest BCUT2D eigenvalue weighted by Crippen LogP contribution is -2.55. The first-order valence-electron chi connectivity index (χ1n) is 22.3. The van der Waals surface area contributed by atoms with Gasteiger partial charge in [0.2, 0.25) is 0 Å². The van der Waals surface area contributed by atoms with Crippen molar-refractivity contribution in [2.75, 3.05) is 27.7 Å². The van der Waals surface area contributed by atoms with Crippen LogP contribution in [0.4, 0.5) is 0 Å². The van der Waals surface area contributed by atoms with Crippen molar-refractivity contribution < 1.29 is 62.4 Å². The molecule has 0 unspecified atom stereocenters. The van der Waals surface area contributed by atoms with Crippen LogP contribution in [0, 0.1) is 11.8 Å². The second-order valence-electron chi connectivity index (χ2n) is 17.5. The van der Waals surface area contributed by atoms with Gasteiger partial charge in [0.1, 0.15) is 24.2 Å². The number of rotatable bonds is 23. The minimum atomic E-state index is -1.45. The molecule has 1 fully saturated rings. The lowest BCUT2D eigenvalue weighted by molar-refractivity contribution is -0.175. The van der Waals surface area contributed by atoms with Gasteiger partial charge in [-0.05, 0) is 89.3 Å². The van der Waals surface area contributed by atoms with Gasteiger partial charge in [-0.15, -0.1) is 0 Å². The summed E-state index contributed by atoms with van der Waals surface area (Å²) in [6.45, 7) is 11.5. The fourth-order valence-electron chi connectivity index (χ4n) is 7.52. The Labute approximate surface area is 382 Å². The van der Waals surface area contributed by atoms with Gasteiger partial charge in [-0.3, -0.25) is 19.2 Å². The lowest BCUT2D eigenvalue weighted by Gasteiger charge is -2.37. The molecule has 3 rings (SSSR count). The molecule has 2 aromatic carbocycles. The van der Waals surface area contributed by atoms with Gasteiger partial charge in [-0.1, -0.05) is 88.4 Å². The third-order valence-electron chi connectivity index (χ3n) is 11.3. The summed E-state index contributed by atoms with van der Waals surface area (Å²) < 4.78 is 22.4. The summed E-state index contributed by atoms with van der Waals surface area (Å²) >= 11 is 0. The maximum atomic E-state index is 14.3. The molecule has 65 heavy (non-hydrogen) atoms. The lowest BCUT2D eigenvalue weighted by atomic mass is 9.99. The second-order valence-corrected chi connectivity index (χ2v) is 17.5. The predicted molar refractivity (Wildman–Crippen MR) is 239 cm³/mol. The Morgan fingerprint density at radius 1 is 0.646 bits per heavy atom. The molecule has 0 aromatic heterocycles. The number of hydrogen-bond acceptors (Lipinski definition) is 13. The Morgan fingerprint density at radius 2 is 1.11 bits per heavy atom. The number of benzene rings is 2. The first-order chi connectivity index (χ1) is 30.7. The molecule has 0 radical (unpaired) electrons. The van der Waals surface area contributed by atoms with Crippen molar-refractivity contribution in [2.24, 2.45) is 11.8 Å². The summed E-state index contributed by atoms with van der Waals surface area (Å²) in [5.74, 6) is -7.03. The summed E-state index contributed by atoms with van der Waals surface area (Å²) in [7, 11) is 4.37. The van der Waals surface area contributed by atoms with E-state index < -0.39 is 96.2 Å². The summed E-state index contributed by atoms with van der Waals surface area (Å²) in [4.78, 5) is 111. The van der Waals surface area contributed by atoms with E-state index in [1.807, 2.05) is 58.0 Å². The number of carbonyl (C=O) groups is 8. The van der Waals surface area contributed by atoms with Crippen molar-refractivity contribution in [1.82, 2.24) is 20.0 Å². The highest BCUT2D eigenvalue weighted by Crippen LogP contribution is 2.24. The summed E-state index contributed by atoms with van der Waals surface area (Å²) in [5.41, 5.74) is 1.54. The number of amides is 3. The van der Waals surface area contributed by atoms with Crippen LogP contribution in [0.1, 0.15) is 91.7 Å². The van der Waals surface area contributed by atoms with Crippen LogP contribution in [0.3, 0.4) is 0 Å². The van der Waals surface area contributed by atoms with Crippen molar-refractivity contribution in [3.63, 3.8) is 0 Å². The topological polar surface area (TPSA) is 215 Å². The number of hydrogen-bond donors (Lipinski definition) is 2. The molecule has 358 valence electrons. The number of carboxylic acids is 1. The van der Waals surface area contributed by atoms with Crippen LogP contribution >= 0.6 is 0 Å². The van der Waals surface area contributed by atoms with Gasteiger partial charge in [0.25, 0.3) is 17.7 Å². The molecule has 1 heterocycles. The Balaban J connectivity index is 1.80. The first kappa shape index (κ1) is 53.5. The van der Waals surface area contributed by atoms with E-state index in [9.17, 15) is 43.5 Å². The minimum absolute atomic E-state index is 0.0691. The highest BCUT2D eigenvalue weighted by atomic mass is 16.6. The third-order valence-corrected chi connectivity index (χ3v) is 11.3. The van der Waals surface area contributed by atoms with E-state index in [1.54, 1.807) is 37.4 Å². The van der Waals surface area contributed by atoms with Crippen molar-refractivity contribution >= 4 is 47.6 Å². The second kappa shape index (κ2) is 25.6. The zero-order chi connectivity index (χ0) is 48.5. The summed E-state index contributed by atoms with van der Waals surface area (Å²) in [6, 6.07) is 13.8. The SMILES string of the molecule is CN[C@@H](Cc1ccccc1)C(=O)O[C@H](C)C(=O)N(C)[C@@H](CC(C)C)C(=O)O[C@H](C)C(=O)N(C)[C@@H](CC(C)C)C(=O)O[C@H](Cc1ccccc1)C(=O)N1CCCC[C@H]1C(=O)O[C@H](C)C(=O)O. The maximum Gasteiger partial charge on any atom is 0.344 e. The predicted octanol–water partition coefficient (Wildman–Crippen LogP) is 3.98. The fraction of sp³-hybridized carbons (Fsp3) is 0.583. The van der Waals surface area contributed by atoms with Crippen LogP contribution in [0.15, 0.2) is 60.7 Å². The molecule has 0 saturated carbocycles. The number of carbonyl (C=O) groups excluding carboxylic acids is 7. The molecular formula is C48H68N4O13. The number of likely N-dealkylation sites (N-methyl/N-ethyl adjacent to an activating group) is 3. The average Bonchev–Trinajstić information content (AvgIpc) is 3.27. The quantitative estimate of drug-likeness (QED) is 0.119. The van der Waals surface area contributed by atoms with Crippen LogP contribution in [0.2, 0.25) is 0 Å². The Hall–Kier alpha value is -5.84. The number of nitrogens with one attached hydrogen (secondary N) is 1. The number of nitrogens with zero attached hydrogens (tertiary/aromatic N) is 3. The van der Waals surface area contributed by atoms with E-state index in [1.165, 1.54) is 39.8 Å². The normalized spacial score (nSPS) is 17.0. The van der Waals surface area contributed by atoms with Gasteiger partial charge >= 0.3 is 29.8 Å². The molecule has 2 aromatic rings. The van der Waals surface area contributed by atoms with E-state index in [0.717, 1.165) is 15.4 Å². The molecule has 1 saturated heterocycles. The van der Waals surface area contributed by atoms with Crippen LogP contribution in [0.25, 0.3) is 0 Å². The van der Waals surface area contributed by atoms with E-state index in [-0.39, 0.29) is 44.1 Å². The minimum Gasteiger partial charge on any atom is -0.479 e. The Kier molecular flexibility index (Phi) is 21.1. The van der Waals surface area contributed by atoms with Crippen LogP contribution in [0.5, 0.6) is 0 Å². The molecule has 0 bridgehead atoms. The van der Waals surface area contributed by atoms with Gasteiger partial charge in [-0.2, -0.15) is 0 Å². The molecule has 17 nitrogen and oxygen atoms in total. The molecule has 8 atom stereocenters. The number of esters is 4. The smallest absolute Gasteiger partial charge is 0.344 e. The van der Waals surface area contributed by atoms with Crippen LogP contribution in [-0.4, -0.2) is 144 Å². The van der Waals surface area contributed by atoms with E-state index in [0.29, 0.717) is 24.8 Å². The van der Waals surface area contributed by atoms with E-state index in [4.69, 9.17) is 18.9 Å². The molecule has 1 aliphatic heterocycles. The van der Waals surface area contributed by atoms with Crippen molar-refractivity contribution in [2.45, 2.75) is 142 Å². The Bertz CT molecular complexity index is 1930. The largest absolute Gasteiger partial charge is 0.479 e. The van der Waals surface area contributed by atoms with Crippen LogP contribution < -0.4 is 5.32 Å². The van der Waals surface area contributed by atoms with E-state index >= 15 is 0 Å². The van der Waals surface area contributed by atoms with Gasteiger partial charge in [-0.25, -0.2) is 19.2 Å².